The summed E-state index contributed by atoms with van der Waals surface area (Å²) < 4.78 is 40.7. The molecule has 1 saturated carbocycles. The van der Waals surface area contributed by atoms with Crippen LogP contribution in [0.1, 0.15) is 79.8 Å². The fourth-order valence-electron chi connectivity index (χ4n) is 4.45. The van der Waals surface area contributed by atoms with Crippen molar-refractivity contribution in [1.82, 2.24) is 14.8 Å². The summed E-state index contributed by atoms with van der Waals surface area (Å²) in [4.78, 5) is 16.1. The van der Waals surface area contributed by atoms with E-state index in [1.807, 2.05) is 12.3 Å². The second kappa shape index (κ2) is 9.45. The first-order chi connectivity index (χ1) is 16.4. The van der Waals surface area contributed by atoms with Crippen LogP contribution in [0.2, 0.25) is 0 Å². The topological polar surface area (TPSA) is 80.0 Å². The van der Waals surface area contributed by atoms with Gasteiger partial charge in [-0.3, -0.25) is 4.79 Å². The van der Waals surface area contributed by atoms with E-state index < -0.39 is 23.4 Å². The van der Waals surface area contributed by atoms with E-state index in [0.717, 1.165) is 36.6 Å². The Morgan fingerprint density at radius 3 is 2.46 bits per heavy atom. The van der Waals surface area contributed by atoms with Crippen LogP contribution in [-0.2, 0) is 11.8 Å². The maximum absolute atomic E-state index is 13.0. The lowest BCUT2D eigenvalue weighted by molar-refractivity contribution is -0.141. The largest absolute Gasteiger partial charge is 0.433 e. The average molecular weight is 487 g/mol. The van der Waals surface area contributed by atoms with Crippen molar-refractivity contribution in [1.29, 1.82) is 0 Å². The zero-order valence-corrected chi connectivity index (χ0v) is 19.9. The Kier molecular flexibility index (Phi) is 6.73. The minimum absolute atomic E-state index is 0.277. The molecule has 0 atom stereocenters. The van der Waals surface area contributed by atoms with Crippen LogP contribution in [0.5, 0.6) is 0 Å². The van der Waals surface area contributed by atoms with Gasteiger partial charge in [-0.1, -0.05) is 25.8 Å². The molecule has 0 radical (unpaired) electrons. The number of benzene rings is 1. The van der Waals surface area contributed by atoms with Crippen molar-refractivity contribution in [3.8, 4) is 5.69 Å². The minimum atomic E-state index is -4.66. The summed E-state index contributed by atoms with van der Waals surface area (Å²) >= 11 is 0. The Balaban J connectivity index is 1.59. The molecule has 6 nitrogen and oxygen atoms in total. The van der Waals surface area contributed by atoms with Crippen molar-refractivity contribution in [2.45, 2.75) is 64.1 Å². The monoisotopic (exact) mass is 486 g/mol. The van der Waals surface area contributed by atoms with Gasteiger partial charge in [0.25, 0.3) is 5.91 Å². The van der Waals surface area contributed by atoms with Gasteiger partial charge in [-0.05, 0) is 69.0 Å². The van der Waals surface area contributed by atoms with Crippen LogP contribution in [0.4, 0.5) is 18.9 Å². The lowest BCUT2D eigenvalue weighted by Gasteiger charge is -2.24. The van der Waals surface area contributed by atoms with Gasteiger partial charge in [0.05, 0.1) is 17.0 Å². The molecule has 1 amide bonds. The average Bonchev–Trinajstić information content (AvgIpc) is 3.29. The molecule has 1 aromatic carbocycles. The lowest BCUT2D eigenvalue weighted by Crippen LogP contribution is -2.22. The molecule has 0 unspecified atom stereocenters. The van der Waals surface area contributed by atoms with Crippen LogP contribution in [0.3, 0.4) is 0 Å². The number of hydrogen-bond donors (Lipinski definition) is 2. The quantitative estimate of drug-likeness (QED) is 0.459. The summed E-state index contributed by atoms with van der Waals surface area (Å²) in [5.74, 6) is 0.374. The number of alkyl halides is 3. The summed E-state index contributed by atoms with van der Waals surface area (Å²) in [5.41, 5.74) is -0.440. The number of aliphatic hydroxyl groups is 1. The summed E-state index contributed by atoms with van der Waals surface area (Å²) in [6, 6.07) is 10.2. The molecule has 1 aliphatic carbocycles. The third-order valence-corrected chi connectivity index (χ3v) is 6.49. The highest BCUT2D eigenvalue weighted by Crippen LogP contribution is 2.35. The van der Waals surface area contributed by atoms with Crippen LogP contribution in [0, 0.1) is 5.92 Å². The molecule has 9 heteroatoms. The maximum atomic E-state index is 13.0. The minimum Gasteiger partial charge on any atom is -0.386 e. The van der Waals surface area contributed by atoms with E-state index in [2.05, 4.69) is 17.2 Å². The SMILES string of the molecule is CC(C)(O)c1cc(-n2ccc([C@H]3CC[C@H](C)CC3)n2)ccc1NC(=O)c1cccc(C(F)(F)F)n1. The van der Waals surface area contributed by atoms with Crippen LogP contribution in [0.15, 0.2) is 48.7 Å². The van der Waals surface area contributed by atoms with Crippen LogP contribution in [0.25, 0.3) is 5.69 Å². The Morgan fingerprint density at radius 1 is 1.09 bits per heavy atom. The molecule has 4 rings (SSSR count). The zero-order chi connectivity index (χ0) is 25.4. The Bertz CT molecular complexity index is 1210. The van der Waals surface area contributed by atoms with E-state index in [-0.39, 0.29) is 11.4 Å². The van der Waals surface area contributed by atoms with Gasteiger partial charge >= 0.3 is 6.18 Å². The predicted molar refractivity (Wildman–Crippen MR) is 126 cm³/mol. The molecule has 2 aromatic heterocycles. The van der Waals surface area contributed by atoms with Crippen molar-refractivity contribution < 1.29 is 23.1 Å². The molecule has 186 valence electrons. The lowest BCUT2D eigenvalue weighted by atomic mass is 9.81. The number of pyridine rings is 1. The summed E-state index contributed by atoms with van der Waals surface area (Å²) in [7, 11) is 0. The first-order valence-electron chi connectivity index (χ1n) is 11.7. The van der Waals surface area contributed by atoms with E-state index in [4.69, 9.17) is 5.10 Å². The van der Waals surface area contributed by atoms with Gasteiger partial charge < -0.3 is 10.4 Å². The standard InChI is InChI=1S/C26H29F3N4O2/c1-16-7-9-17(10-8-16)20-13-14-33(32-20)18-11-12-21(19(15-18)25(2,3)35)31-24(34)22-5-4-6-23(30-22)26(27,28)29/h4-6,11-17,35H,7-10H2,1-3H3,(H,31,34)/t16-,17-. The molecule has 1 fully saturated rings. The Hall–Kier alpha value is -3.20. The normalized spacial score (nSPS) is 18.9. The van der Waals surface area contributed by atoms with Crippen molar-refractivity contribution in [3.05, 3.63) is 71.3 Å². The summed E-state index contributed by atoms with van der Waals surface area (Å²) in [6.45, 7) is 5.42. The number of aromatic nitrogens is 3. The smallest absolute Gasteiger partial charge is 0.386 e. The van der Waals surface area contributed by atoms with Crippen LogP contribution in [-0.4, -0.2) is 25.8 Å². The second-order valence-corrected chi connectivity index (χ2v) is 9.79. The molecule has 2 N–H and O–H groups in total. The molecule has 1 aliphatic rings. The van der Waals surface area contributed by atoms with Crippen molar-refractivity contribution in [3.63, 3.8) is 0 Å². The third-order valence-electron chi connectivity index (χ3n) is 6.49. The molecule has 35 heavy (non-hydrogen) atoms. The molecular weight excluding hydrogens is 457 g/mol. The van der Waals surface area contributed by atoms with Gasteiger partial charge in [0.2, 0.25) is 0 Å². The number of nitrogens with one attached hydrogen (secondary N) is 1. The highest BCUT2D eigenvalue weighted by Gasteiger charge is 2.33. The zero-order valence-electron chi connectivity index (χ0n) is 19.9. The van der Waals surface area contributed by atoms with Gasteiger partial charge in [0.15, 0.2) is 0 Å². The third kappa shape index (κ3) is 5.73. The molecule has 0 aliphatic heterocycles. The summed E-state index contributed by atoms with van der Waals surface area (Å²) in [6.07, 6.45) is 1.82. The molecule has 3 aromatic rings. The molecule has 0 saturated heterocycles. The number of carbonyl (C=O) groups is 1. The number of rotatable bonds is 5. The van der Waals surface area contributed by atoms with Gasteiger partial charge in [0.1, 0.15) is 11.4 Å². The van der Waals surface area contributed by atoms with Gasteiger partial charge in [-0.2, -0.15) is 18.3 Å². The first kappa shape index (κ1) is 24.9. The number of hydrogen-bond acceptors (Lipinski definition) is 4. The number of anilines is 1. The summed E-state index contributed by atoms with van der Waals surface area (Å²) in [5, 5.41) is 18.1. The predicted octanol–water partition coefficient (Wildman–Crippen LogP) is 6.06. The molecule has 0 spiro atoms. The highest BCUT2D eigenvalue weighted by molar-refractivity contribution is 6.03. The van der Waals surface area contributed by atoms with E-state index in [9.17, 15) is 23.1 Å². The van der Waals surface area contributed by atoms with E-state index in [1.54, 1.807) is 36.7 Å². The van der Waals surface area contributed by atoms with Gasteiger partial charge in [-0.25, -0.2) is 9.67 Å². The molecule has 2 heterocycles. The fraction of sp³-hybridized carbons (Fsp3) is 0.423. The maximum Gasteiger partial charge on any atom is 0.433 e. The first-order valence-corrected chi connectivity index (χ1v) is 11.7. The van der Waals surface area contributed by atoms with Gasteiger partial charge in [0, 0.05) is 23.4 Å². The van der Waals surface area contributed by atoms with Crippen LogP contribution < -0.4 is 5.32 Å². The van der Waals surface area contributed by atoms with Crippen molar-refractivity contribution in [2.75, 3.05) is 5.32 Å². The van der Waals surface area contributed by atoms with Crippen molar-refractivity contribution in [2.24, 2.45) is 5.92 Å². The molecule has 0 bridgehead atoms. The van der Waals surface area contributed by atoms with E-state index in [1.165, 1.54) is 18.9 Å². The highest BCUT2D eigenvalue weighted by atomic mass is 19.4. The fourth-order valence-corrected chi connectivity index (χ4v) is 4.45. The van der Waals surface area contributed by atoms with E-state index in [0.29, 0.717) is 17.2 Å². The Morgan fingerprint density at radius 2 is 1.80 bits per heavy atom. The number of amides is 1. The van der Waals surface area contributed by atoms with Crippen LogP contribution >= 0.6 is 0 Å². The molecular formula is C26H29F3N4O2. The Labute approximate surface area is 202 Å². The number of halogens is 3. The van der Waals surface area contributed by atoms with Gasteiger partial charge in [-0.15, -0.1) is 0 Å². The van der Waals surface area contributed by atoms with Crippen molar-refractivity contribution >= 4 is 11.6 Å². The number of carbonyl (C=O) groups excluding carboxylic acids is 1. The number of nitrogens with zero attached hydrogens (tertiary/aromatic N) is 3. The van der Waals surface area contributed by atoms with E-state index >= 15 is 0 Å². The second-order valence-electron chi connectivity index (χ2n) is 9.79.